The molecule has 1 spiro atoms. The van der Waals surface area contributed by atoms with E-state index in [4.69, 9.17) is 9.84 Å². The van der Waals surface area contributed by atoms with Gasteiger partial charge in [0.05, 0.1) is 5.60 Å². The highest BCUT2D eigenvalue weighted by molar-refractivity contribution is 8.00. The van der Waals surface area contributed by atoms with Crippen LogP contribution < -0.4 is 0 Å². The number of ether oxygens (including phenoxy) is 1. The molecule has 2 aliphatic heterocycles. The molecule has 0 aromatic heterocycles. The van der Waals surface area contributed by atoms with Crippen LogP contribution in [0.3, 0.4) is 0 Å². The Morgan fingerprint density at radius 1 is 1.38 bits per heavy atom. The summed E-state index contributed by atoms with van der Waals surface area (Å²) in [5, 5.41) is 9.56. The molecular weight excluding hydrogens is 240 g/mol. The van der Waals surface area contributed by atoms with Crippen LogP contribution in [0, 0.1) is 0 Å². The van der Waals surface area contributed by atoms with Gasteiger partial charge in [-0.15, -0.1) is 0 Å². The molecule has 16 heavy (non-hydrogen) atoms. The monoisotopic (exact) mass is 262 g/mol. The molecule has 0 radical (unpaired) electrons. The average Bonchev–Trinajstić information content (AvgIpc) is 2.31. The quantitative estimate of drug-likeness (QED) is 0.789. The lowest BCUT2D eigenvalue weighted by Gasteiger charge is -2.43. The largest absolute Gasteiger partial charge is 0.396 e. The van der Waals surface area contributed by atoms with E-state index < -0.39 is 0 Å². The molecule has 0 aliphatic carbocycles. The van der Waals surface area contributed by atoms with E-state index in [2.05, 4.69) is 11.8 Å². The molecule has 2 aliphatic rings. The SMILES string of the molecule is OCCCSC1CCOC2(CCSCC2)C1. The maximum atomic E-state index is 8.80. The summed E-state index contributed by atoms with van der Waals surface area (Å²) in [6.07, 6.45) is 5.86. The standard InChI is InChI=1S/C12H22O2S2/c13-5-1-7-16-11-2-6-14-12(10-11)3-8-15-9-4-12/h11,13H,1-10H2. The fourth-order valence-electron chi connectivity index (χ4n) is 2.53. The Bertz CT molecular complexity index is 200. The van der Waals surface area contributed by atoms with Crippen molar-refractivity contribution < 1.29 is 9.84 Å². The zero-order valence-electron chi connectivity index (χ0n) is 9.82. The summed E-state index contributed by atoms with van der Waals surface area (Å²) in [6.45, 7) is 1.28. The van der Waals surface area contributed by atoms with Crippen LogP contribution in [0.1, 0.15) is 32.1 Å². The Hall–Kier alpha value is 0.620. The van der Waals surface area contributed by atoms with Crippen molar-refractivity contribution >= 4 is 23.5 Å². The van der Waals surface area contributed by atoms with Crippen LogP contribution in [0.2, 0.25) is 0 Å². The first kappa shape index (κ1) is 13.1. The highest BCUT2D eigenvalue weighted by Crippen LogP contribution is 2.40. The first-order chi connectivity index (χ1) is 7.85. The smallest absolute Gasteiger partial charge is 0.0708 e. The van der Waals surface area contributed by atoms with Gasteiger partial charge in [0.2, 0.25) is 0 Å². The van der Waals surface area contributed by atoms with Gasteiger partial charge >= 0.3 is 0 Å². The lowest BCUT2D eigenvalue weighted by molar-refractivity contribution is -0.0804. The second kappa shape index (κ2) is 6.53. The Balaban J connectivity index is 1.78. The minimum Gasteiger partial charge on any atom is -0.396 e. The summed E-state index contributed by atoms with van der Waals surface area (Å²) in [7, 11) is 0. The van der Waals surface area contributed by atoms with Crippen LogP contribution in [0.15, 0.2) is 0 Å². The van der Waals surface area contributed by atoms with Gasteiger partial charge < -0.3 is 9.84 Å². The number of aliphatic hydroxyl groups excluding tert-OH is 1. The highest BCUT2D eigenvalue weighted by atomic mass is 32.2. The van der Waals surface area contributed by atoms with Crippen LogP contribution in [0.25, 0.3) is 0 Å². The molecule has 94 valence electrons. The van der Waals surface area contributed by atoms with Crippen molar-refractivity contribution in [2.24, 2.45) is 0 Å². The molecule has 2 rings (SSSR count). The predicted octanol–water partition coefficient (Wildman–Crippen LogP) is 2.55. The van der Waals surface area contributed by atoms with E-state index in [0.717, 1.165) is 24.0 Å². The maximum absolute atomic E-state index is 8.80. The minimum absolute atomic E-state index is 0.223. The molecule has 2 heterocycles. The van der Waals surface area contributed by atoms with E-state index in [1.165, 1.54) is 37.2 Å². The molecule has 0 amide bonds. The van der Waals surface area contributed by atoms with E-state index in [1.807, 2.05) is 11.8 Å². The molecule has 0 aromatic rings. The van der Waals surface area contributed by atoms with Crippen molar-refractivity contribution in [1.29, 1.82) is 0 Å². The van der Waals surface area contributed by atoms with E-state index >= 15 is 0 Å². The Morgan fingerprint density at radius 3 is 2.94 bits per heavy atom. The van der Waals surface area contributed by atoms with E-state index in [9.17, 15) is 0 Å². The number of hydrogen-bond acceptors (Lipinski definition) is 4. The summed E-state index contributed by atoms with van der Waals surface area (Å²) < 4.78 is 6.07. The molecule has 1 unspecified atom stereocenters. The van der Waals surface area contributed by atoms with Gasteiger partial charge in [-0.05, 0) is 49.4 Å². The average molecular weight is 262 g/mol. The predicted molar refractivity (Wildman–Crippen MR) is 72.4 cm³/mol. The van der Waals surface area contributed by atoms with Gasteiger partial charge in [0, 0.05) is 18.5 Å². The Morgan fingerprint density at radius 2 is 2.19 bits per heavy atom. The molecule has 2 nitrogen and oxygen atoms in total. The van der Waals surface area contributed by atoms with Crippen molar-refractivity contribution in [2.75, 3.05) is 30.5 Å². The topological polar surface area (TPSA) is 29.5 Å². The van der Waals surface area contributed by atoms with Gasteiger partial charge in [-0.25, -0.2) is 0 Å². The van der Waals surface area contributed by atoms with E-state index in [1.54, 1.807) is 0 Å². The van der Waals surface area contributed by atoms with Gasteiger partial charge in [0.1, 0.15) is 0 Å². The Labute approximate surface area is 107 Å². The van der Waals surface area contributed by atoms with Gasteiger partial charge in [-0.3, -0.25) is 0 Å². The van der Waals surface area contributed by atoms with E-state index in [-0.39, 0.29) is 5.60 Å². The van der Waals surface area contributed by atoms with Crippen LogP contribution in [-0.4, -0.2) is 46.4 Å². The molecule has 0 aromatic carbocycles. The number of thioether (sulfide) groups is 2. The third-order valence-corrected chi connectivity index (χ3v) is 5.89. The van der Waals surface area contributed by atoms with Gasteiger partial charge in [0.15, 0.2) is 0 Å². The number of hydrogen-bond donors (Lipinski definition) is 1. The zero-order valence-corrected chi connectivity index (χ0v) is 11.5. The summed E-state index contributed by atoms with van der Waals surface area (Å²) in [5.41, 5.74) is 0.223. The fourth-order valence-corrected chi connectivity index (χ4v) is 5.08. The molecule has 1 N–H and O–H groups in total. The van der Waals surface area contributed by atoms with Crippen LogP contribution in [-0.2, 0) is 4.74 Å². The fraction of sp³-hybridized carbons (Fsp3) is 1.00. The molecular formula is C12H22O2S2. The van der Waals surface area contributed by atoms with Crippen molar-refractivity contribution in [1.82, 2.24) is 0 Å². The summed E-state index contributed by atoms with van der Waals surface area (Å²) in [5.74, 6) is 3.65. The van der Waals surface area contributed by atoms with Crippen LogP contribution in [0.5, 0.6) is 0 Å². The van der Waals surface area contributed by atoms with E-state index in [0.29, 0.717) is 6.61 Å². The molecule has 2 saturated heterocycles. The van der Waals surface area contributed by atoms with Crippen molar-refractivity contribution in [3.05, 3.63) is 0 Å². The first-order valence-corrected chi connectivity index (χ1v) is 8.49. The van der Waals surface area contributed by atoms with Crippen LogP contribution >= 0.6 is 23.5 Å². The molecule has 1 atom stereocenters. The minimum atomic E-state index is 0.223. The summed E-state index contributed by atoms with van der Waals surface area (Å²) in [6, 6.07) is 0. The molecule has 0 saturated carbocycles. The molecule has 0 bridgehead atoms. The normalized spacial score (nSPS) is 29.4. The van der Waals surface area contributed by atoms with Crippen molar-refractivity contribution in [2.45, 2.75) is 43.0 Å². The third kappa shape index (κ3) is 3.56. The maximum Gasteiger partial charge on any atom is 0.0708 e. The lowest BCUT2D eigenvalue weighted by atomic mass is 9.88. The highest BCUT2D eigenvalue weighted by Gasteiger charge is 2.38. The summed E-state index contributed by atoms with van der Waals surface area (Å²) >= 11 is 4.11. The Kier molecular flexibility index (Phi) is 5.33. The molecule has 4 heteroatoms. The van der Waals surface area contributed by atoms with Crippen molar-refractivity contribution in [3.63, 3.8) is 0 Å². The molecule has 2 fully saturated rings. The lowest BCUT2D eigenvalue weighted by Crippen LogP contribution is -2.43. The first-order valence-electron chi connectivity index (χ1n) is 6.29. The number of aliphatic hydroxyl groups is 1. The summed E-state index contributed by atoms with van der Waals surface area (Å²) in [4.78, 5) is 0. The third-order valence-electron chi connectivity index (χ3n) is 3.51. The zero-order chi connectivity index (χ0) is 11.3. The van der Waals surface area contributed by atoms with Gasteiger partial charge in [0.25, 0.3) is 0 Å². The van der Waals surface area contributed by atoms with Crippen molar-refractivity contribution in [3.8, 4) is 0 Å². The van der Waals surface area contributed by atoms with Gasteiger partial charge in [-0.2, -0.15) is 23.5 Å². The van der Waals surface area contributed by atoms with Crippen LogP contribution in [0.4, 0.5) is 0 Å². The van der Waals surface area contributed by atoms with Gasteiger partial charge in [-0.1, -0.05) is 0 Å². The number of rotatable bonds is 4. The second-order valence-corrected chi connectivity index (χ2v) is 7.34. The second-order valence-electron chi connectivity index (χ2n) is 4.71.